The summed E-state index contributed by atoms with van der Waals surface area (Å²) in [6.45, 7) is 7.35. The molecule has 0 aliphatic heterocycles. The highest BCUT2D eigenvalue weighted by atomic mass is 16.5. The third-order valence-electron chi connectivity index (χ3n) is 3.86. The molecule has 0 atom stereocenters. The number of benzene rings is 2. The SMILES string of the molecule is CCOCCOc1ccc(NCC(=O)Nc2ccccc2OCCOCC)cc1. The van der Waals surface area contributed by atoms with Crippen LogP contribution in [0.2, 0.25) is 0 Å². The molecule has 2 aromatic rings. The minimum Gasteiger partial charge on any atom is -0.491 e. The van der Waals surface area contributed by atoms with Crippen LogP contribution in [0.1, 0.15) is 13.8 Å². The van der Waals surface area contributed by atoms with Gasteiger partial charge in [-0.3, -0.25) is 4.79 Å². The highest BCUT2D eigenvalue weighted by Gasteiger charge is 2.08. The van der Waals surface area contributed by atoms with Crippen LogP contribution in [0.25, 0.3) is 0 Å². The smallest absolute Gasteiger partial charge is 0.243 e. The van der Waals surface area contributed by atoms with E-state index >= 15 is 0 Å². The molecule has 0 fully saturated rings. The molecule has 7 heteroatoms. The Labute approximate surface area is 172 Å². The van der Waals surface area contributed by atoms with Gasteiger partial charge in [-0.1, -0.05) is 12.1 Å². The normalized spacial score (nSPS) is 10.4. The van der Waals surface area contributed by atoms with Crippen molar-refractivity contribution in [3.63, 3.8) is 0 Å². The van der Waals surface area contributed by atoms with Crippen LogP contribution in [0.3, 0.4) is 0 Å². The summed E-state index contributed by atoms with van der Waals surface area (Å²) in [5.74, 6) is 1.22. The molecule has 1 amide bonds. The van der Waals surface area contributed by atoms with E-state index in [2.05, 4.69) is 10.6 Å². The second kappa shape index (κ2) is 13.4. The Balaban J connectivity index is 1.77. The van der Waals surface area contributed by atoms with Gasteiger partial charge in [-0.15, -0.1) is 0 Å². The molecule has 0 aliphatic carbocycles. The van der Waals surface area contributed by atoms with Crippen molar-refractivity contribution >= 4 is 17.3 Å². The minimum absolute atomic E-state index is 0.137. The molecule has 7 nitrogen and oxygen atoms in total. The zero-order chi connectivity index (χ0) is 20.7. The minimum atomic E-state index is -0.164. The molecule has 0 spiro atoms. The molecule has 0 unspecified atom stereocenters. The van der Waals surface area contributed by atoms with Gasteiger partial charge >= 0.3 is 0 Å². The molecule has 0 radical (unpaired) electrons. The maximum Gasteiger partial charge on any atom is 0.243 e. The van der Waals surface area contributed by atoms with E-state index in [1.165, 1.54) is 0 Å². The zero-order valence-electron chi connectivity index (χ0n) is 17.1. The third-order valence-corrected chi connectivity index (χ3v) is 3.86. The van der Waals surface area contributed by atoms with Crippen molar-refractivity contribution in [1.82, 2.24) is 0 Å². The van der Waals surface area contributed by atoms with Gasteiger partial charge < -0.3 is 29.6 Å². The summed E-state index contributed by atoms with van der Waals surface area (Å²) in [6.07, 6.45) is 0. The summed E-state index contributed by atoms with van der Waals surface area (Å²) in [4.78, 5) is 12.3. The monoisotopic (exact) mass is 402 g/mol. The van der Waals surface area contributed by atoms with Gasteiger partial charge in [0.1, 0.15) is 24.7 Å². The molecule has 2 N–H and O–H groups in total. The Morgan fingerprint density at radius 2 is 1.48 bits per heavy atom. The average Bonchev–Trinajstić information content (AvgIpc) is 2.75. The summed E-state index contributed by atoms with van der Waals surface area (Å²) in [5, 5.41) is 5.96. The zero-order valence-corrected chi connectivity index (χ0v) is 17.1. The van der Waals surface area contributed by atoms with Crippen LogP contribution < -0.4 is 20.1 Å². The highest BCUT2D eigenvalue weighted by Crippen LogP contribution is 2.23. The van der Waals surface area contributed by atoms with Gasteiger partial charge in [0, 0.05) is 18.9 Å². The standard InChI is InChI=1S/C22H30N2O5/c1-3-26-13-15-28-19-11-9-18(10-12-19)23-17-22(25)24-20-7-5-6-8-21(20)29-16-14-27-4-2/h5-12,23H,3-4,13-17H2,1-2H3,(H,24,25). The number of nitrogens with one attached hydrogen (secondary N) is 2. The lowest BCUT2D eigenvalue weighted by molar-refractivity contribution is -0.114. The number of carbonyl (C=O) groups excluding carboxylic acids is 1. The number of para-hydroxylation sites is 2. The van der Waals surface area contributed by atoms with Gasteiger partial charge in [0.25, 0.3) is 0 Å². The van der Waals surface area contributed by atoms with Crippen molar-refractivity contribution in [2.45, 2.75) is 13.8 Å². The van der Waals surface area contributed by atoms with E-state index in [9.17, 15) is 4.79 Å². The summed E-state index contributed by atoms with van der Waals surface area (Å²) in [7, 11) is 0. The quantitative estimate of drug-likeness (QED) is 0.471. The van der Waals surface area contributed by atoms with Crippen LogP contribution in [-0.4, -0.2) is 52.1 Å². The first-order valence-electron chi connectivity index (χ1n) is 9.86. The maximum atomic E-state index is 12.3. The van der Waals surface area contributed by atoms with Crippen LogP contribution in [0.15, 0.2) is 48.5 Å². The molecule has 2 rings (SSSR count). The lowest BCUT2D eigenvalue weighted by atomic mass is 10.3. The molecule has 0 heterocycles. The van der Waals surface area contributed by atoms with E-state index in [0.29, 0.717) is 51.1 Å². The van der Waals surface area contributed by atoms with Crippen molar-refractivity contribution in [1.29, 1.82) is 0 Å². The average molecular weight is 402 g/mol. The van der Waals surface area contributed by atoms with Crippen molar-refractivity contribution in [2.24, 2.45) is 0 Å². The predicted octanol–water partition coefficient (Wildman–Crippen LogP) is 3.57. The van der Waals surface area contributed by atoms with E-state index in [1.54, 1.807) is 0 Å². The molecule has 29 heavy (non-hydrogen) atoms. The first kappa shape index (κ1) is 22.5. The van der Waals surface area contributed by atoms with E-state index in [1.807, 2.05) is 62.4 Å². The van der Waals surface area contributed by atoms with E-state index in [0.717, 1.165) is 11.4 Å². The van der Waals surface area contributed by atoms with E-state index in [4.69, 9.17) is 18.9 Å². The Morgan fingerprint density at radius 1 is 0.828 bits per heavy atom. The number of anilines is 2. The second-order valence-electron chi connectivity index (χ2n) is 6.01. The molecular weight excluding hydrogens is 372 g/mol. The van der Waals surface area contributed by atoms with Crippen LogP contribution in [0, 0.1) is 0 Å². The van der Waals surface area contributed by atoms with Crippen molar-refractivity contribution in [3.8, 4) is 11.5 Å². The first-order valence-corrected chi connectivity index (χ1v) is 9.86. The molecular formula is C22H30N2O5. The van der Waals surface area contributed by atoms with Gasteiger partial charge in [-0.2, -0.15) is 0 Å². The number of amides is 1. The highest BCUT2D eigenvalue weighted by molar-refractivity contribution is 5.95. The van der Waals surface area contributed by atoms with Crippen molar-refractivity contribution in [2.75, 3.05) is 56.8 Å². The lowest BCUT2D eigenvalue weighted by Crippen LogP contribution is -2.22. The van der Waals surface area contributed by atoms with E-state index < -0.39 is 0 Å². The Morgan fingerprint density at radius 3 is 2.17 bits per heavy atom. The third kappa shape index (κ3) is 8.85. The molecule has 0 aliphatic rings. The summed E-state index contributed by atoms with van der Waals surface area (Å²) >= 11 is 0. The number of hydrogen-bond acceptors (Lipinski definition) is 6. The fourth-order valence-corrected chi connectivity index (χ4v) is 2.46. The van der Waals surface area contributed by atoms with Crippen LogP contribution in [-0.2, 0) is 14.3 Å². The van der Waals surface area contributed by atoms with Crippen LogP contribution in [0.5, 0.6) is 11.5 Å². The number of hydrogen-bond donors (Lipinski definition) is 2. The molecule has 0 saturated carbocycles. The summed E-state index contributed by atoms with van der Waals surface area (Å²) in [6, 6.07) is 14.8. The fraction of sp³-hybridized carbons (Fsp3) is 0.409. The largest absolute Gasteiger partial charge is 0.491 e. The van der Waals surface area contributed by atoms with Gasteiger partial charge in [0.2, 0.25) is 5.91 Å². The molecule has 158 valence electrons. The van der Waals surface area contributed by atoms with Gasteiger partial charge in [0.05, 0.1) is 25.4 Å². The molecule has 0 aromatic heterocycles. The Bertz CT molecular complexity index is 721. The summed E-state index contributed by atoms with van der Waals surface area (Å²) in [5.41, 5.74) is 1.47. The lowest BCUT2D eigenvalue weighted by Gasteiger charge is -2.13. The predicted molar refractivity (Wildman–Crippen MR) is 114 cm³/mol. The Hall–Kier alpha value is -2.77. The van der Waals surface area contributed by atoms with Crippen LogP contribution in [0.4, 0.5) is 11.4 Å². The molecule has 2 aromatic carbocycles. The molecule has 0 saturated heterocycles. The molecule has 0 bridgehead atoms. The van der Waals surface area contributed by atoms with Gasteiger partial charge in [0.15, 0.2) is 0 Å². The Kier molecular flexibility index (Phi) is 10.4. The number of ether oxygens (including phenoxy) is 4. The number of rotatable bonds is 14. The van der Waals surface area contributed by atoms with Crippen molar-refractivity contribution < 1.29 is 23.7 Å². The number of carbonyl (C=O) groups is 1. The topological polar surface area (TPSA) is 78.1 Å². The first-order chi connectivity index (χ1) is 14.2. The van der Waals surface area contributed by atoms with Gasteiger partial charge in [-0.05, 0) is 50.2 Å². The van der Waals surface area contributed by atoms with Gasteiger partial charge in [-0.25, -0.2) is 0 Å². The van der Waals surface area contributed by atoms with Crippen LogP contribution >= 0.6 is 0 Å². The van der Waals surface area contributed by atoms with E-state index in [-0.39, 0.29) is 12.5 Å². The summed E-state index contributed by atoms with van der Waals surface area (Å²) < 4.78 is 21.8. The van der Waals surface area contributed by atoms with Crippen molar-refractivity contribution in [3.05, 3.63) is 48.5 Å². The second-order valence-corrected chi connectivity index (χ2v) is 6.01. The maximum absolute atomic E-state index is 12.3. The fourth-order valence-electron chi connectivity index (χ4n) is 2.46.